The molecule has 0 unspecified atom stereocenters. The largest absolute Gasteiger partial charge is 0.618 e. The zero-order valence-electron chi connectivity index (χ0n) is 10.6. The first kappa shape index (κ1) is 12.8. The normalized spacial score (nSPS) is 13.4. The van der Waals surface area contributed by atoms with Gasteiger partial charge < -0.3 is 10.9 Å². The molecule has 2 aromatic rings. The predicted molar refractivity (Wildman–Crippen MR) is 75.7 cm³/mol. The number of nitrogens with zero attached hydrogens (tertiary/aromatic N) is 2. The van der Waals surface area contributed by atoms with Crippen molar-refractivity contribution in [2.45, 2.75) is 0 Å². The van der Waals surface area contributed by atoms with Crippen LogP contribution in [0.1, 0.15) is 15.9 Å². The fourth-order valence-corrected chi connectivity index (χ4v) is 2.24. The lowest BCUT2D eigenvalue weighted by molar-refractivity contribution is -0.384. The molecule has 0 aliphatic carbocycles. The second-order valence-corrected chi connectivity index (χ2v) is 4.55. The summed E-state index contributed by atoms with van der Waals surface area (Å²) >= 11 is 0. The number of non-ortho nitro benzene ring substituents is 1. The number of Topliss-reactive ketones (excluding diaryl/α,β-unsaturated/α-hetero) is 1. The molecule has 0 atom stereocenters. The standard InChI is InChI=1S/C14H9N3O4/c15-9-3-6-11-12(7-9)16(19)13(14(11)18)8-1-4-10(5-2-8)17(20)21/h1-7H,15H2. The van der Waals surface area contributed by atoms with Crippen LogP contribution in [-0.4, -0.2) is 21.2 Å². The van der Waals surface area contributed by atoms with Crippen LogP contribution in [-0.2, 0) is 0 Å². The van der Waals surface area contributed by atoms with Crippen molar-refractivity contribution in [3.63, 3.8) is 0 Å². The number of ketones is 1. The molecule has 104 valence electrons. The fraction of sp³-hybridized carbons (Fsp3) is 0. The van der Waals surface area contributed by atoms with Gasteiger partial charge in [-0.05, 0) is 24.3 Å². The number of nitro groups is 1. The Kier molecular flexibility index (Phi) is 2.69. The lowest BCUT2D eigenvalue weighted by Crippen LogP contribution is -2.16. The Morgan fingerprint density at radius 1 is 1.10 bits per heavy atom. The average molecular weight is 283 g/mol. The Bertz CT molecular complexity index is 809. The lowest BCUT2D eigenvalue weighted by atomic mass is 10.0. The van der Waals surface area contributed by atoms with Crippen LogP contribution in [0.25, 0.3) is 0 Å². The number of rotatable bonds is 2. The monoisotopic (exact) mass is 283 g/mol. The van der Waals surface area contributed by atoms with Crippen molar-refractivity contribution in [1.82, 2.24) is 0 Å². The van der Waals surface area contributed by atoms with Crippen molar-refractivity contribution in [1.29, 1.82) is 0 Å². The van der Waals surface area contributed by atoms with Crippen molar-refractivity contribution < 1.29 is 14.5 Å². The van der Waals surface area contributed by atoms with E-state index in [0.717, 1.165) is 0 Å². The molecule has 3 rings (SSSR count). The topological polar surface area (TPSA) is 112 Å². The molecule has 0 bridgehead atoms. The molecule has 0 spiro atoms. The summed E-state index contributed by atoms with van der Waals surface area (Å²) in [7, 11) is 0. The highest BCUT2D eigenvalue weighted by molar-refractivity contribution is 6.52. The van der Waals surface area contributed by atoms with Gasteiger partial charge in [-0.1, -0.05) is 0 Å². The SMILES string of the molecule is Nc1ccc2c(c1)[N+]([O-])=C(c1ccc([N+](=O)[O-])cc1)C2=O. The molecule has 21 heavy (non-hydrogen) atoms. The van der Waals surface area contributed by atoms with E-state index in [1.807, 2.05) is 0 Å². The van der Waals surface area contributed by atoms with Gasteiger partial charge in [-0.3, -0.25) is 14.9 Å². The quantitative estimate of drug-likeness (QED) is 0.298. The number of nitrogens with two attached hydrogens (primary N) is 1. The van der Waals surface area contributed by atoms with Crippen LogP contribution >= 0.6 is 0 Å². The van der Waals surface area contributed by atoms with Gasteiger partial charge in [-0.15, -0.1) is 0 Å². The molecular weight excluding hydrogens is 274 g/mol. The minimum absolute atomic E-state index is 0.0644. The summed E-state index contributed by atoms with van der Waals surface area (Å²) in [6.07, 6.45) is 0. The highest BCUT2D eigenvalue weighted by Crippen LogP contribution is 2.30. The number of hydrogen-bond donors (Lipinski definition) is 1. The van der Waals surface area contributed by atoms with E-state index in [9.17, 15) is 20.1 Å². The zero-order valence-corrected chi connectivity index (χ0v) is 10.6. The van der Waals surface area contributed by atoms with Crippen LogP contribution in [0.3, 0.4) is 0 Å². The number of fused-ring (bicyclic) bond motifs is 1. The second-order valence-electron chi connectivity index (χ2n) is 4.55. The first-order valence-corrected chi connectivity index (χ1v) is 6.02. The number of carbonyl (C=O) groups excluding carboxylic acids is 1. The Hall–Kier alpha value is -3.22. The van der Waals surface area contributed by atoms with E-state index >= 15 is 0 Å². The van der Waals surface area contributed by atoms with Crippen molar-refractivity contribution in [3.8, 4) is 0 Å². The van der Waals surface area contributed by atoms with Crippen LogP contribution in [0.4, 0.5) is 17.1 Å². The molecule has 1 heterocycles. The molecule has 2 aromatic carbocycles. The van der Waals surface area contributed by atoms with Gasteiger partial charge in [0, 0.05) is 23.9 Å². The third kappa shape index (κ3) is 1.91. The lowest BCUT2D eigenvalue weighted by Gasteiger charge is -2.02. The summed E-state index contributed by atoms with van der Waals surface area (Å²) in [4.78, 5) is 22.4. The molecule has 1 aliphatic heterocycles. The highest BCUT2D eigenvalue weighted by atomic mass is 16.6. The third-order valence-electron chi connectivity index (χ3n) is 3.25. The number of hydrogen-bond acceptors (Lipinski definition) is 5. The van der Waals surface area contributed by atoms with E-state index in [1.165, 1.54) is 36.4 Å². The number of carbonyl (C=O) groups is 1. The minimum Gasteiger partial charge on any atom is -0.618 e. The molecular formula is C14H9N3O4. The van der Waals surface area contributed by atoms with Crippen LogP contribution in [0, 0.1) is 15.3 Å². The molecule has 7 nitrogen and oxygen atoms in total. The van der Waals surface area contributed by atoms with Crippen LogP contribution < -0.4 is 5.73 Å². The molecule has 0 aromatic heterocycles. The molecule has 0 saturated heterocycles. The van der Waals surface area contributed by atoms with Gasteiger partial charge >= 0.3 is 0 Å². The van der Waals surface area contributed by atoms with E-state index in [-0.39, 0.29) is 22.6 Å². The Balaban J connectivity index is 2.11. The maximum absolute atomic E-state index is 12.3. The van der Waals surface area contributed by atoms with E-state index in [2.05, 4.69) is 0 Å². The molecule has 0 fully saturated rings. The smallest absolute Gasteiger partial charge is 0.272 e. The number of nitro benzene ring substituents is 1. The minimum atomic E-state index is -0.546. The number of benzene rings is 2. The van der Waals surface area contributed by atoms with E-state index in [0.29, 0.717) is 16.0 Å². The maximum Gasteiger partial charge on any atom is 0.272 e. The summed E-state index contributed by atoms with van der Waals surface area (Å²) < 4.78 is 0.509. The summed E-state index contributed by atoms with van der Waals surface area (Å²) in [5, 5.41) is 22.9. The van der Waals surface area contributed by atoms with Crippen LogP contribution in [0.5, 0.6) is 0 Å². The fourth-order valence-electron chi connectivity index (χ4n) is 2.24. The van der Waals surface area contributed by atoms with Crippen molar-refractivity contribution in [2.75, 3.05) is 5.73 Å². The highest BCUT2D eigenvalue weighted by Gasteiger charge is 2.36. The summed E-state index contributed by atoms with van der Waals surface area (Å²) in [5.74, 6) is -0.422. The van der Waals surface area contributed by atoms with Gasteiger partial charge in [0.1, 0.15) is 5.56 Å². The summed E-state index contributed by atoms with van der Waals surface area (Å²) in [6, 6.07) is 9.73. The Morgan fingerprint density at radius 3 is 2.38 bits per heavy atom. The average Bonchev–Trinajstić information content (AvgIpc) is 2.70. The van der Waals surface area contributed by atoms with Gasteiger partial charge in [-0.25, -0.2) is 0 Å². The van der Waals surface area contributed by atoms with Crippen molar-refractivity contribution >= 4 is 28.6 Å². The zero-order chi connectivity index (χ0) is 15.1. The first-order valence-electron chi connectivity index (χ1n) is 6.02. The van der Waals surface area contributed by atoms with Gasteiger partial charge in [0.25, 0.3) is 17.2 Å². The van der Waals surface area contributed by atoms with Crippen LogP contribution in [0.15, 0.2) is 42.5 Å². The molecule has 1 aliphatic rings. The summed E-state index contributed by atoms with van der Waals surface area (Å²) in [6.45, 7) is 0. The molecule has 0 saturated carbocycles. The van der Waals surface area contributed by atoms with Crippen LogP contribution in [0.2, 0.25) is 0 Å². The van der Waals surface area contributed by atoms with E-state index in [1.54, 1.807) is 6.07 Å². The summed E-state index contributed by atoms with van der Waals surface area (Å²) in [5.41, 5.74) is 6.61. The van der Waals surface area contributed by atoms with E-state index in [4.69, 9.17) is 5.73 Å². The molecule has 2 N–H and O–H groups in total. The number of anilines is 1. The van der Waals surface area contributed by atoms with E-state index < -0.39 is 10.7 Å². The third-order valence-corrected chi connectivity index (χ3v) is 3.25. The maximum atomic E-state index is 12.3. The van der Waals surface area contributed by atoms with Gasteiger partial charge in [0.2, 0.25) is 5.69 Å². The Morgan fingerprint density at radius 2 is 1.76 bits per heavy atom. The number of nitrogen functional groups attached to an aromatic ring is 1. The predicted octanol–water partition coefficient (Wildman–Crippen LogP) is 2.00. The van der Waals surface area contributed by atoms with Crippen molar-refractivity contribution in [3.05, 3.63) is 68.9 Å². The van der Waals surface area contributed by atoms with Gasteiger partial charge in [-0.2, -0.15) is 4.74 Å². The van der Waals surface area contributed by atoms with Gasteiger partial charge in [0.15, 0.2) is 0 Å². The Labute approximate surface area is 118 Å². The van der Waals surface area contributed by atoms with Gasteiger partial charge in [0.05, 0.1) is 10.5 Å². The molecule has 0 radical (unpaired) electrons. The second kappa shape index (κ2) is 4.41. The first-order chi connectivity index (χ1) is 9.99. The van der Waals surface area contributed by atoms with Crippen molar-refractivity contribution in [2.24, 2.45) is 0 Å². The molecule has 0 amide bonds. The molecule has 7 heteroatoms.